The van der Waals surface area contributed by atoms with Crippen LogP contribution in [0.5, 0.6) is 5.75 Å². The van der Waals surface area contributed by atoms with Gasteiger partial charge in [0.2, 0.25) is 0 Å². The van der Waals surface area contributed by atoms with Crippen LogP contribution in [0.3, 0.4) is 0 Å². The molecule has 1 aliphatic rings. The molecule has 2 heterocycles. The normalized spacial score (nSPS) is 16.0. The summed E-state index contributed by atoms with van der Waals surface area (Å²) in [6.45, 7) is 8.10. The number of tetrazole rings is 1. The standard InChI is InChI=1S/C23H26N6O3/c1-2-10-27-11-13-28(14-12-27)22(19-4-3-5-20(30)15-19)17-6-8-18(9-7-17)23-24-25-26-29(23)16-21(31)32/h2-9,15,22,30H,1,10-14,16H2,(H,31,32)/t22-/m0/s1. The predicted molar refractivity (Wildman–Crippen MR) is 119 cm³/mol. The number of phenolic OH excluding ortho intramolecular Hbond substituents is 1. The highest BCUT2D eigenvalue weighted by Crippen LogP contribution is 2.32. The lowest BCUT2D eigenvalue weighted by Crippen LogP contribution is -2.47. The van der Waals surface area contributed by atoms with E-state index in [-0.39, 0.29) is 18.3 Å². The highest BCUT2D eigenvalue weighted by molar-refractivity contribution is 5.67. The summed E-state index contributed by atoms with van der Waals surface area (Å²) >= 11 is 0. The maximum absolute atomic E-state index is 11.1. The van der Waals surface area contributed by atoms with Gasteiger partial charge < -0.3 is 10.2 Å². The Labute approximate surface area is 186 Å². The van der Waals surface area contributed by atoms with Crippen molar-refractivity contribution in [1.82, 2.24) is 30.0 Å². The molecule has 0 radical (unpaired) electrons. The molecule has 2 aromatic carbocycles. The molecule has 9 nitrogen and oxygen atoms in total. The van der Waals surface area contributed by atoms with Crippen LogP contribution in [0.15, 0.2) is 61.2 Å². The fourth-order valence-corrected chi connectivity index (χ4v) is 4.16. The summed E-state index contributed by atoms with van der Waals surface area (Å²) in [6.07, 6.45) is 1.93. The minimum Gasteiger partial charge on any atom is -0.508 e. The third-order valence-corrected chi connectivity index (χ3v) is 5.65. The van der Waals surface area contributed by atoms with Crippen LogP contribution >= 0.6 is 0 Å². The van der Waals surface area contributed by atoms with Crippen LogP contribution in [-0.4, -0.2) is 78.9 Å². The van der Waals surface area contributed by atoms with E-state index in [1.807, 2.05) is 48.5 Å². The zero-order chi connectivity index (χ0) is 22.5. The van der Waals surface area contributed by atoms with Crippen LogP contribution < -0.4 is 0 Å². The van der Waals surface area contributed by atoms with Crippen molar-refractivity contribution in [2.24, 2.45) is 0 Å². The first-order chi connectivity index (χ1) is 15.5. The molecule has 2 N–H and O–H groups in total. The lowest BCUT2D eigenvalue weighted by molar-refractivity contribution is -0.137. The fourth-order valence-electron chi connectivity index (χ4n) is 4.16. The third-order valence-electron chi connectivity index (χ3n) is 5.65. The van der Waals surface area contributed by atoms with Gasteiger partial charge in [0.25, 0.3) is 0 Å². The van der Waals surface area contributed by atoms with Crippen molar-refractivity contribution in [2.45, 2.75) is 12.6 Å². The van der Waals surface area contributed by atoms with Crippen LogP contribution in [0.1, 0.15) is 17.2 Å². The van der Waals surface area contributed by atoms with Crippen LogP contribution in [-0.2, 0) is 11.3 Å². The fraction of sp³-hybridized carbons (Fsp3) is 0.304. The molecule has 1 aromatic heterocycles. The largest absolute Gasteiger partial charge is 0.508 e. The number of phenols is 1. The Kier molecular flexibility index (Phi) is 6.58. The molecule has 0 spiro atoms. The van der Waals surface area contributed by atoms with Gasteiger partial charge in [-0.25, -0.2) is 4.68 Å². The minimum atomic E-state index is -1.00. The van der Waals surface area contributed by atoms with E-state index in [2.05, 4.69) is 31.9 Å². The molecule has 1 fully saturated rings. The number of piperazine rings is 1. The van der Waals surface area contributed by atoms with Gasteiger partial charge in [0, 0.05) is 38.3 Å². The van der Waals surface area contributed by atoms with Crippen molar-refractivity contribution in [3.05, 3.63) is 72.3 Å². The number of hydrogen-bond donors (Lipinski definition) is 2. The second-order valence-corrected chi connectivity index (χ2v) is 7.80. The quantitative estimate of drug-likeness (QED) is 0.519. The van der Waals surface area contributed by atoms with Crippen LogP contribution in [0, 0.1) is 0 Å². The summed E-state index contributed by atoms with van der Waals surface area (Å²) in [5.74, 6) is -0.358. The second-order valence-electron chi connectivity index (χ2n) is 7.80. The Balaban J connectivity index is 1.63. The molecule has 9 heteroatoms. The molecular formula is C23H26N6O3. The minimum absolute atomic E-state index is 0.0166. The van der Waals surface area contributed by atoms with Crippen molar-refractivity contribution in [2.75, 3.05) is 32.7 Å². The van der Waals surface area contributed by atoms with Gasteiger partial charge in [0.15, 0.2) is 5.82 Å². The number of carboxylic acid groups (broad SMARTS) is 1. The summed E-state index contributed by atoms with van der Waals surface area (Å²) in [5.41, 5.74) is 2.84. The first-order valence-electron chi connectivity index (χ1n) is 10.5. The molecule has 166 valence electrons. The van der Waals surface area contributed by atoms with Gasteiger partial charge >= 0.3 is 5.97 Å². The smallest absolute Gasteiger partial charge is 0.325 e. The monoisotopic (exact) mass is 434 g/mol. The Hall–Kier alpha value is -3.56. The number of hydrogen-bond acceptors (Lipinski definition) is 7. The van der Waals surface area contributed by atoms with Gasteiger partial charge in [-0.15, -0.1) is 11.7 Å². The molecule has 3 aromatic rings. The van der Waals surface area contributed by atoms with Crippen molar-refractivity contribution < 1.29 is 15.0 Å². The highest BCUT2D eigenvalue weighted by atomic mass is 16.4. The molecule has 0 saturated carbocycles. The summed E-state index contributed by atoms with van der Waals surface area (Å²) in [6, 6.07) is 15.2. The van der Waals surface area contributed by atoms with E-state index >= 15 is 0 Å². The molecule has 1 atom stereocenters. The maximum Gasteiger partial charge on any atom is 0.325 e. The average Bonchev–Trinajstić information content (AvgIpc) is 3.23. The molecule has 0 aliphatic carbocycles. The van der Waals surface area contributed by atoms with E-state index in [4.69, 9.17) is 5.11 Å². The van der Waals surface area contributed by atoms with Gasteiger partial charge in [-0.05, 0) is 33.7 Å². The topological polar surface area (TPSA) is 108 Å². The van der Waals surface area contributed by atoms with Crippen LogP contribution in [0.4, 0.5) is 0 Å². The number of nitrogens with zero attached hydrogens (tertiary/aromatic N) is 6. The van der Waals surface area contributed by atoms with Crippen molar-refractivity contribution in [3.63, 3.8) is 0 Å². The molecule has 0 amide bonds. The Morgan fingerprint density at radius 1 is 1.09 bits per heavy atom. The average molecular weight is 435 g/mol. The van der Waals surface area contributed by atoms with Crippen molar-refractivity contribution in [1.29, 1.82) is 0 Å². The number of aromatic hydroxyl groups is 1. The van der Waals surface area contributed by atoms with Crippen LogP contribution in [0.25, 0.3) is 11.4 Å². The number of aliphatic carboxylic acids is 1. The lowest BCUT2D eigenvalue weighted by atomic mass is 9.95. The zero-order valence-electron chi connectivity index (χ0n) is 17.7. The maximum atomic E-state index is 11.1. The molecular weight excluding hydrogens is 408 g/mol. The van der Waals surface area contributed by atoms with Gasteiger partial charge in [-0.2, -0.15) is 0 Å². The van der Waals surface area contributed by atoms with Gasteiger partial charge in [0.05, 0.1) is 6.04 Å². The van der Waals surface area contributed by atoms with Gasteiger partial charge in [-0.1, -0.05) is 42.5 Å². The Morgan fingerprint density at radius 3 is 2.50 bits per heavy atom. The highest BCUT2D eigenvalue weighted by Gasteiger charge is 2.26. The van der Waals surface area contributed by atoms with E-state index in [9.17, 15) is 9.90 Å². The SMILES string of the molecule is C=CCN1CCN([C@@H](c2ccc(-c3nnnn3CC(=O)O)cc2)c2cccc(O)c2)CC1. The number of rotatable bonds is 8. The van der Waals surface area contributed by atoms with E-state index in [0.29, 0.717) is 5.82 Å². The number of carboxylic acids is 1. The van der Waals surface area contributed by atoms with Crippen molar-refractivity contribution >= 4 is 5.97 Å². The summed E-state index contributed by atoms with van der Waals surface area (Å²) in [5, 5.41) is 30.5. The van der Waals surface area contributed by atoms with Gasteiger partial charge in [0.1, 0.15) is 12.3 Å². The summed E-state index contributed by atoms with van der Waals surface area (Å²) < 4.78 is 1.27. The molecule has 1 saturated heterocycles. The van der Waals surface area contributed by atoms with Crippen LogP contribution in [0.2, 0.25) is 0 Å². The molecule has 0 bridgehead atoms. The van der Waals surface area contributed by atoms with E-state index in [0.717, 1.165) is 49.4 Å². The predicted octanol–water partition coefficient (Wildman–Crippen LogP) is 2.02. The van der Waals surface area contributed by atoms with Crippen molar-refractivity contribution in [3.8, 4) is 17.1 Å². The molecule has 0 unspecified atom stereocenters. The number of carbonyl (C=O) groups is 1. The van der Waals surface area contributed by atoms with Gasteiger partial charge in [-0.3, -0.25) is 14.6 Å². The lowest BCUT2D eigenvalue weighted by Gasteiger charge is -2.39. The zero-order valence-corrected chi connectivity index (χ0v) is 17.7. The Bertz CT molecular complexity index is 1070. The number of benzene rings is 2. The van der Waals surface area contributed by atoms with E-state index < -0.39 is 5.97 Å². The Morgan fingerprint density at radius 2 is 1.84 bits per heavy atom. The molecule has 32 heavy (non-hydrogen) atoms. The van der Waals surface area contributed by atoms with E-state index in [1.54, 1.807) is 6.07 Å². The molecule has 4 rings (SSSR count). The first-order valence-corrected chi connectivity index (χ1v) is 10.5. The van der Waals surface area contributed by atoms with E-state index in [1.165, 1.54) is 4.68 Å². The third kappa shape index (κ3) is 4.84. The number of aromatic nitrogens is 4. The second kappa shape index (κ2) is 9.71. The first kappa shape index (κ1) is 21.7. The summed E-state index contributed by atoms with van der Waals surface area (Å²) in [4.78, 5) is 15.8. The summed E-state index contributed by atoms with van der Waals surface area (Å²) in [7, 11) is 0. The molecule has 1 aliphatic heterocycles.